The van der Waals surface area contributed by atoms with Crippen molar-refractivity contribution in [1.29, 1.82) is 0 Å². The molecule has 2 aromatic rings. The van der Waals surface area contributed by atoms with E-state index in [2.05, 4.69) is 15.4 Å². The largest absolute Gasteiger partial charge is 0.494 e. The van der Waals surface area contributed by atoms with Crippen LogP contribution in [0.5, 0.6) is 5.75 Å². The number of ether oxygens (including phenoxy) is 1. The molecule has 90 valence electrons. The molecular weight excluding hydrogens is 234 g/mol. The van der Waals surface area contributed by atoms with Crippen LogP contribution in [0.15, 0.2) is 24.3 Å². The Morgan fingerprint density at radius 1 is 1.29 bits per heavy atom. The molecule has 2 N–H and O–H groups in total. The van der Waals surface area contributed by atoms with Gasteiger partial charge in [-0.15, -0.1) is 0 Å². The highest BCUT2D eigenvalue weighted by atomic mass is 32.1. The summed E-state index contributed by atoms with van der Waals surface area (Å²) in [5.74, 6) is 1.75. The normalized spacial score (nSPS) is 10.4. The maximum absolute atomic E-state index is 5.57. The highest BCUT2D eigenvalue weighted by molar-refractivity contribution is 7.09. The molecule has 4 nitrogen and oxygen atoms in total. The van der Waals surface area contributed by atoms with Gasteiger partial charge in [0.15, 0.2) is 5.13 Å². The Labute approximate surface area is 105 Å². The Morgan fingerprint density at radius 2 is 2.12 bits per heavy atom. The fourth-order valence-electron chi connectivity index (χ4n) is 1.62. The van der Waals surface area contributed by atoms with Crippen LogP contribution in [0.2, 0.25) is 0 Å². The molecule has 1 heterocycles. The minimum absolute atomic E-state index is 0.526. The number of nitrogens with zero attached hydrogens (tertiary/aromatic N) is 2. The molecule has 0 unspecified atom stereocenters. The van der Waals surface area contributed by atoms with E-state index >= 15 is 0 Å². The fraction of sp³-hybridized carbons (Fsp3) is 0.333. The molecule has 0 aliphatic rings. The highest BCUT2D eigenvalue weighted by Gasteiger charge is 2.05. The monoisotopic (exact) mass is 249 g/mol. The molecule has 1 aromatic carbocycles. The van der Waals surface area contributed by atoms with Crippen molar-refractivity contribution in [3.05, 3.63) is 35.7 Å². The molecule has 0 aliphatic heterocycles. The van der Waals surface area contributed by atoms with Crippen molar-refractivity contribution in [2.45, 2.75) is 19.8 Å². The minimum atomic E-state index is 0.526. The van der Waals surface area contributed by atoms with Gasteiger partial charge in [-0.3, -0.25) is 0 Å². The molecule has 0 spiro atoms. The van der Waals surface area contributed by atoms with Gasteiger partial charge in [0.25, 0.3) is 0 Å². The third-order valence-corrected chi connectivity index (χ3v) is 2.95. The summed E-state index contributed by atoms with van der Waals surface area (Å²) in [6, 6.07) is 8.05. The molecule has 1 aromatic heterocycles. The van der Waals surface area contributed by atoms with E-state index in [9.17, 15) is 0 Å². The number of aryl methyl sites for hydroxylation is 2. The van der Waals surface area contributed by atoms with Gasteiger partial charge in [-0.2, -0.15) is 4.37 Å². The van der Waals surface area contributed by atoms with Gasteiger partial charge < -0.3 is 10.5 Å². The Bertz CT molecular complexity index is 484. The van der Waals surface area contributed by atoms with Crippen LogP contribution >= 0.6 is 11.5 Å². The number of hydrogen-bond donors (Lipinski definition) is 1. The van der Waals surface area contributed by atoms with Crippen LogP contribution in [0.1, 0.15) is 18.3 Å². The second kappa shape index (κ2) is 5.63. The molecule has 2 rings (SSSR count). The number of rotatable bonds is 5. The first-order valence-corrected chi connectivity index (χ1v) is 6.35. The number of aromatic nitrogens is 2. The molecule has 0 amide bonds. The second-order valence-corrected chi connectivity index (χ2v) is 4.37. The lowest BCUT2D eigenvalue weighted by atomic mass is 10.1. The van der Waals surface area contributed by atoms with Crippen LogP contribution in [0, 0.1) is 0 Å². The topological polar surface area (TPSA) is 61.0 Å². The highest BCUT2D eigenvalue weighted by Crippen LogP contribution is 2.20. The Morgan fingerprint density at radius 3 is 2.82 bits per heavy atom. The molecule has 0 radical (unpaired) electrons. The van der Waals surface area contributed by atoms with Crippen molar-refractivity contribution in [1.82, 2.24) is 9.36 Å². The van der Waals surface area contributed by atoms with Gasteiger partial charge in [0.2, 0.25) is 0 Å². The first kappa shape index (κ1) is 11.9. The smallest absolute Gasteiger partial charge is 0.199 e. The third kappa shape index (κ3) is 3.17. The first-order valence-electron chi connectivity index (χ1n) is 5.58. The SMILES string of the molecule is CCOc1ccccc1CCc1nsc(N)n1. The summed E-state index contributed by atoms with van der Waals surface area (Å²) in [4.78, 5) is 4.15. The number of anilines is 1. The summed E-state index contributed by atoms with van der Waals surface area (Å²) in [7, 11) is 0. The number of benzene rings is 1. The lowest BCUT2D eigenvalue weighted by Crippen LogP contribution is -1.99. The van der Waals surface area contributed by atoms with Gasteiger partial charge >= 0.3 is 0 Å². The average molecular weight is 249 g/mol. The molecular formula is C12H15N3OS. The van der Waals surface area contributed by atoms with Gasteiger partial charge in [0.05, 0.1) is 6.61 Å². The van der Waals surface area contributed by atoms with Gasteiger partial charge in [-0.1, -0.05) is 18.2 Å². The molecule has 0 aliphatic carbocycles. The molecule has 0 saturated heterocycles. The lowest BCUT2D eigenvalue weighted by Gasteiger charge is -2.08. The van der Waals surface area contributed by atoms with E-state index in [0.29, 0.717) is 11.7 Å². The zero-order chi connectivity index (χ0) is 12.1. The van der Waals surface area contributed by atoms with Crippen molar-refractivity contribution < 1.29 is 4.74 Å². The first-order chi connectivity index (χ1) is 8.29. The van der Waals surface area contributed by atoms with Crippen molar-refractivity contribution >= 4 is 16.7 Å². The second-order valence-electron chi connectivity index (χ2n) is 3.59. The molecule has 0 saturated carbocycles. The van der Waals surface area contributed by atoms with Gasteiger partial charge in [-0.05, 0) is 25.0 Å². The van der Waals surface area contributed by atoms with Crippen LogP contribution in [-0.2, 0) is 12.8 Å². The molecule has 0 fully saturated rings. The minimum Gasteiger partial charge on any atom is -0.494 e. The number of para-hydroxylation sites is 1. The Balaban J connectivity index is 2.03. The van der Waals surface area contributed by atoms with E-state index in [4.69, 9.17) is 10.5 Å². The number of nitrogens with two attached hydrogens (primary N) is 1. The summed E-state index contributed by atoms with van der Waals surface area (Å²) >= 11 is 1.24. The average Bonchev–Trinajstić information content (AvgIpc) is 2.74. The molecule has 0 bridgehead atoms. The van der Waals surface area contributed by atoms with Crippen molar-refractivity contribution in [3.8, 4) is 5.75 Å². The van der Waals surface area contributed by atoms with E-state index in [-0.39, 0.29) is 0 Å². The van der Waals surface area contributed by atoms with E-state index in [1.807, 2.05) is 25.1 Å². The summed E-state index contributed by atoms with van der Waals surface area (Å²) in [6.45, 7) is 2.67. The number of hydrogen-bond acceptors (Lipinski definition) is 5. The fourth-order valence-corrected chi connectivity index (χ4v) is 2.10. The predicted molar refractivity (Wildman–Crippen MR) is 69.3 cm³/mol. The predicted octanol–water partition coefficient (Wildman–Crippen LogP) is 2.30. The maximum Gasteiger partial charge on any atom is 0.199 e. The van der Waals surface area contributed by atoms with Crippen LogP contribution in [-0.4, -0.2) is 16.0 Å². The van der Waals surface area contributed by atoms with Crippen molar-refractivity contribution in [2.75, 3.05) is 12.3 Å². The summed E-state index contributed by atoms with van der Waals surface area (Å²) in [5.41, 5.74) is 6.73. The van der Waals surface area contributed by atoms with E-state index < -0.39 is 0 Å². The zero-order valence-electron chi connectivity index (χ0n) is 9.72. The van der Waals surface area contributed by atoms with Crippen molar-refractivity contribution in [3.63, 3.8) is 0 Å². The van der Waals surface area contributed by atoms with E-state index in [0.717, 1.165) is 24.4 Å². The van der Waals surface area contributed by atoms with Crippen LogP contribution in [0.25, 0.3) is 0 Å². The molecule has 17 heavy (non-hydrogen) atoms. The lowest BCUT2D eigenvalue weighted by molar-refractivity contribution is 0.336. The quantitative estimate of drug-likeness (QED) is 0.883. The number of nitrogen functional groups attached to an aromatic ring is 1. The standard InChI is InChI=1S/C12H15N3OS/c1-2-16-10-6-4-3-5-9(10)7-8-11-14-12(13)17-15-11/h3-6H,2,7-8H2,1H3,(H2,13,14,15). The van der Waals surface area contributed by atoms with Crippen LogP contribution in [0.3, 0.4) is 0 Å². The zero-order valence-corrected chi connectivity index (χ0v) is 10.5. The van der Waals surface area contributed by atoms with Crippen LogP contribution in [0.4, 0.5) is 5.13 Å². The van der Waals surface area contributed by atoms with Crippen LogP contribution < -0.4 is 10.5 Å². The van der Waals surface area contributed by atoms with Gasteiger partial charge in [-0.25, -0.2) is 4.98 Å². The molecule has 0 atom stereocenters. The Hall–Kier alpha value is -1.62. The van der Waals surface area contributed by atoms with Gasteiger partial charge in [0.1, 0.15) is 11.6 Å². The Kier molecular flexibility index (Phi) is 3.93. The summed E-state index contributed by atoms with van der Waals surface area (Å²) in [6.07, 6.45) is 1.66. The summed E-state index contributed by atoms with van der Waals surface area (Å²) < 4.78 is 9.74. The summed E-state index contributed by atoms with van der Waals surface area (Å²) in [5, 5.41) is 0.526. The van der Waals surface area contributed by atoms with Gasteiger partial charge in [0, 0.05) is 18.0 Å². The maximum atomic E-state index is 5.57. The van der Waals surface area contributed by atoms with E-state index in [1.54, 1.807) is 0 Å². The van der Waals surface area contributed by atoms with E-state index in [1.165, 1.54) is 17.1 Å². The molecule has 5 heteroatoms. The third-order valence-electron chi connectivity index (χ3n) is 2.37. The van der Waals surface area contributed by atoms with Crippen molar-refractivity contribution in [2.24, 2.45) is 0 Å².